The number of pyridine rings is 1. The molecule has 2 rings (SSSR count). The number of hydrogen-bond acceptors (Lipinski definition) is 2. The second-order valence-electron chi connectivity index (χ2n) is 3.18. The van der Waals surface area contributed by atoms with Crippen molar-refractivity contribution in [2.75, 3.05) is 12.3 Å². The van der Waals surface area contributed by atoms with Crippen molar-refractivity contribution in [3.8, 4) is 0 Å². The lowest BCUT2D eigenvalue weighted by molar-refractivity contribution is 0.197. The fourth-order valence-corrected chi connectivity index (χ4v) is 1.59. The first-order valence-corrected chi connectivity index (χ1v) is 4.53. The molecular formula is C11H11N2O. The van der Waals surface area contributed by atoms with E-state index < -0.39 is 0 Å². The summed E-state index contributed by atoms with van der Waals surface area (Å²) >= 11 is 0. The monoisotopic (exact) mass is 187 g/mol. The van der Waals surface area contributed by atoms with Gasteiger partial charge in [-0.25, -0.2) is 10.1 Å². The van der Waals surface area contributed by atoms with Crippen LogP contribution in [0.3, 0.4) is 0 Å². The summed E-state index contributed by atoms with van der Waals surface area (Å²) in [6, 6.07) is 9.50. The van der Waals surface area contributed by atoms with E-state index in [2.05, 4.69) is 4.98 Å². The number of anilines is 1. The van der Waals surface area contributed by atoms with Crippen LogP contribution in [0.15, 0.2) is 30.3 Å². The quantitative estimate of drug-likeness (QED) is 0.779. The molecule has 0 spiro atoms. The predicted molar refractivity (Wildman–Crippen MR) is 55.4 cm³/mol. The van der Waals surface area contributed by atoms with Crippen LogP contribution in [0.1, 0.15) is 5.56 Å². The van der Waals surface area contributed by atoms with Gasteiger partial charge in [0.2, 0.25) is 0 Å². The second kappa shape index (κ2) is 3.64. The van der Waals surface area contributed by atoms with E-state index in [1.54, 1.807) is 6.07 Å². The van der Waals surface area contributed by atoms with Crippen molar-refractivity contribution in [2.45, 2.75) is 6.42 Å². The number of nitrogen functional groups attached to an aromatic ring is 1. The van der Waals surface area contributed by atoms with Crippen molar-refractivity contribution >= 4 is 16.7 Å². The Balaban J connectivity index is 2.67. The maximum absolute atomic E-state index is 10.6. The van der Waals surface area contributed by atoms with Gasteiger partial charge in [-0.2, -0.15) is 0 Å². The predicted octanol–water partition coefficient (Wildman–Crippen LogP) is 1.79. The van der Waals surface area contributed by atoms with Crippen LogP contribution in [0, 0.1) is 0 Å². The van der Waals surface area contributed by atoms with Gasteiger partial charge in [0.25, 0.3) is 0 Å². The van der Waals surface area contributed by atoms with Crippen molar-refractivity contribution in [1.29, 1.82) is 0 Å². The standard InChI is InChI=1S/C11H11N2O/c12-11-7-8(5-6-14)9-3-1-2-4-10(9)13-11/h1-4,7H,5-6H2,(H2,12,13). The first-order chi connectivity index (χ1) is 6.81. The first kappa shape index (κ1) is 8.97. The molecule has 3 nitrogen and oxygen atoms in total. The van der Waals surface area contributed by atoms with Gasteiger partial charge >= 0.3 is 0 Å². The van der Waals surface area contributed by atoms with E-state index in [1.807, 2.05) is 24.3 Å². The van der Waals surface area contributed by atoms with E-state index in [0.29, 0.717) is 12.2 Å². The maximum Gasteiger partial charge on any atom is 0.124 e. The lowest BCUT2D eigenvalue weighted by Gasteiger charge is -2.05. The summed E-state index contributed by atoms with van der Waals surface area (Å²) in [5.74, 6) is 0.479. The summed E-state index contributed by atoms with van der Waals surface area (Å²) in [6.45, 7) is -0.118. The lowest BCUT2D eigenvalue weighted by atomic mass is 10.1. The van der Waals surface area contributed by atoms with Gasteiger partial charge in [-0.1, -0.05) is 18.2 Å². The third kappa shape index (κ3) is 1.54. The summed E-state index contributed by atoms with van der Waals surface area (Å²) in [5.41, 5.74) is 7.49. The van der Waals surface area contributed by atoms with Crippen molar-refractivity contribution in [3.05, 3.63) is 35.9 Å². The zero-order valence-corrected chi connectivity index (χ0v) is 7.73. The molecule has 0 amide bonds. The third-order valence-electron chi connectivity index (χ3n) is 2.19. The van der Waals surface area contributed by atoms with Gasteiger partial charge in [-0.3, -0.25) is 0 Å². The van der Waals surface area contributed by atoms with Gasteiger partial charge in [-0.15, -0.1) is 0 Å². The van der Waals surface area contributed by atoms with E-state index >= 15 is 0 Å². The number of nitrogens with two attached hydrogens (primary N) is 1. The summed E-state index contributed by atoms with van der Waals surface area (Å²) in [4.78, 5) is 4.19. The molecule has 0 saturated carbocycles. The van der Waals surface area contributed by atoms with E-state index in [0.717, 1.165) is 16.5 Å². The fourth-order valence-electron chi connectivity index (χ4n) is 1.59. The third-order valence-corrected chi connectivity index (χ3v) is 2.19. The largest absolute Gasteiger partial charge is 0.384 e. The molecule has 3 heteroatoms. The molecule has 2 aromatic rings. The van der Waals surface area contributed by atoms with Crippen LogP contribution < -0.4 is 5.73 Å². The average Bonchev–Trinajstić information content (AvgIpc) is 2.18. The molecule has 0 fully saturated rings. The molecule has 0 saturated heterocycles. The molecule has 0 aliphatic carbocycles. The summed E-state index contributed by atoms with van der Waals surface area (Å²) in [6.07, 6.45) is 0.507. The Morgan fingerprint density at radius 2 is 2.07 bits per heavy atom. The van der Waals surface area contributed by atoms with Gasteiger partial charge in [-0.05, 0) is 24.1 Å². The average molecular weight is 187 g/mol. The van der Waals surface area contributed by atoms with Crippen LogP contribution >= 0.6 is 0 Å². The normalized spacial score (nSPS) is 10.6. The molecule has 0 atom stereocenters. The van der Waals surface area contributed by atoms with Crippen molar-refractivity contribution < 1.29 is 5.11 Å². The summed E-state index contributed by atoms with van der Waals surface area (Å²) in [5, 5.41) is 11.6. The molecule has 14 heavy (non-hydrogen) atoms. The second-order valence-corrected chi connectivity index (χ2v) is 3.18. The summed E-state index contributed by atoms with van der Waals surface area (Å²) < 4.78 is 0. The first-order valence-electron chi connectivity index (χ1n) is 4.53. The maximum atomic E-state index is 10.6. The van der Waals surface area contributed by atoms with Crippen LogP contribution in [0.5, 0.6) is 0 Å². The van der Waals surface area contributed by atoms with E-state index in [1.165, 1.54) is 0 Å². The Bertz CT molecular complexity index is 454. The zero-order valence-electron chi connectivity index (χ0n) is 7.73. The van der Waals surface area contributed by atoms with Crippen LogP contribution in [0.2, 0.25) is 0 Å². The molecule has 1 aromatic heterocycles. The molecule has 1 radical (unpaired) electrons. The van der Waals surface area contributed by atoms with Crippen molar-refractivity contribution in [1.82, 2.24) is 4.98 Å². The molecule has 1 heterocycles. The lowest BCUT2D eigenvalue weighted by Crippen LogP contribution is -1.97. The minimum absolute atomic E-state index is 0.118. The van der Waals surface area contributed by atoms with Crippen LogP contribution in [0.25, 0.3) is 10.9 Å². The number of rotatable bonds is 2. The van der Waals surface area contributed by atoms with Gasteiger partial charge in [0.05, 0.1) is 12.1 Å². The Morgan fingerprint density at radius 1 is 1.29 bits per heavy atom. The number of para-hydroxylation sites is 1. The van der Waals surface area contributed by atoms with Gasteiger partial charge in [0, 0.05) is 5.39 Å². The number of aromatic nitrogens is 1. The number of fused-ring (bicyclic) bond motifs is 1. The minimum Gasteiger partial charge on any atom is -0.384 e. The number of benzene rings is 1. The smallest absolute Gasteiger partial charge is 0.124 e. The highest BCUT2D eigenvalue weighted by Gasteiger charge is 2.02. The molecule has 1 aromatic carbocycles. The Morgan fingerprint density at radius 3 is 2.86 bits per heavy atom. The highest BCUT2D eigenvalue weighted by atomic mass is 16.2. The van der Waals surface area contributed by atoms with Gasteiger partial charge in [0.1, 0.15) is 5.82 Å². The number of nitrogens with zero attached hydrogens (tertiary/aromatic N) is 1. The fraction of sp³-hybridized carbons (Fsp3) is 0.182. The van der Waals surface area contributed by atoms with E-state index in [9.17, 15) is 5.11 Å². The zero-order chi connectivity index (χ0) is 9.97. The van der Waals surface area contributed by atoms with Crippen LogP contribution in [-0.4, -0.2) is 11.6 Å². The van der Waals surface area contributed by atoms with Gasteiger partial charge < -0.3 is 5.73 Å². The van der Waals surface area contributed by atoms with Crippen LogP contribution in [-0.2, 0) is 11.5 Å². The van der Waals surface area contributed by atoms with Gasteiger partial charge in [0.15, 0.2) is 0 Å². The van der Waals surface area contributed by atoms with E-state index in [4.69, 9.17) is 5.73 Å². The Hall–Kier alpha value is -1.61. The molecular weight excluding hydrogens is 176 g/mol. The molecule has 2 N–H and O–H groups in total. The van der Waals surface area contributed by atoms with E-state index in [-0.39, 0.29) is 6.61 Å². The summed E-state index contributed by atoms with van der Waals surface area (Å²) in [7, 11) is 0. The molecule has 0 aliphatic rings. The molecule has 0 bridgehead atoms. The molecule has 71 valence electrons. The molecule has 0 aliphatic heterocycles. The Labute approximate surface area is 82.2 Å². The Kier molecular flexibility index (Phi) is 2.33. The van der Waals surface area contributed by atoms with Crippen LogP contribution in [0.4, 0.5) is 5.82 Å². The minimum atomic E-state index is -0.118. The number of hydrogen-bond donors (Lipinski definition) is 1. The highest BCUT2D eigenvalue weighted by Crippen LogP contribution is 2.19. The highest BCUT2D eigenvalue weighted by molar-refractivity contribution is 5.83. The van der Waals surface area contributed by atoms with Crippen molar-refractivity contribution in [2.24, 2.45) is 0 Å². The SMILES string of the molecule is Nc1cc(CC[O])c2ccccc2n1. The molecule has 0 unspecified atom stereocenters. The topological polar surface area (TPSA) is 58.8 Å². The van der Waals surface area contributed by atoms with Crippen molar-refractivity contribution in [3.63, 3.8) is 0 Å².